The van der Waals surface area contributed by atoms with Crippen molar-refractivity contribution in [3.63, 3.8) is 0 Å². The molecular formula is C13H14BrN3O2S. The molecule has 7 heteroatoms. The van der Waals surface area contributed by atoms with Crippen LogP contribution in [0.15, 0.2) is 45.8 Å². The first-order valence-electron chi connectivity index (χ1n) is 5.73. The molecule has 0 aliphatic carbocycles. The van der Waals surface area contributed by atoms with E-state index in [1.54, 1.807) is 12.1 Å². The number of hydrogen-bond acceptors (Lipinski definition) is 4. The molecule has 0 atom stereocenters. The van der Waals surface area contributed by atoms with Crippen LogP contribution in [-0.2, 0) is 10.0 Å². The van der Waals surface area contributed by atoms with Gasteiger partial charge in [0.2, 0.25) is 10.0 Å². The van der Waals surface area contributed by atoms with Crippen molar-refractivity contribution in [2.24, 2.45) is 5.14 Å². The van der Waals surface area contributed by atoms with Gasteiger partial charge in [0.15, 0.2) is 0 Å². The zero-order valence-corrected chi connectivity index (χ0v) is 13.1. The monoisotopic (exact) mass is 355 g/mol. The maximum atomic E-state index is 11.4. The van der Waals surface area contributed by atoms with Gasteiger partial charge in [0.1, 0.15) is 4.90 Å². The Balaban J connectivity index is 2.45. The Morgan fingerprint density at radius 1 is 1.15 bits per heavy atom. The Kier molecular flexibility index (Phi) is 4.03. The summed E-state index contributed by atoms with van der Waals surface area (Å²) < 4.78 is 23.7. The molecular weight excluding hydrogens is 342 g/mol. The summed E-state index contributed by atoms with van der Waals surface area (Å²) in [6.07, 6.45) is 0. The van der Waals surface area contributed by atoms with Crippen molar-refractivity contribution in [2.45, 2.75) is 11.8 Å². The predicted octanol–water partition coefficient (Wildman–Crippen LogP) is 2.73. The van der Waals surface area contributed by atoms with Gasteiger partial charge in [-0.3, -0.25) is 0 Å². The van der Waals surface area contributed by atoms with Crippen LogP contribution in [-0.4, -0.2) is 8.42 Å². The standard InChI is InChI=1S/C13H14BrN3O2S/c1-8-5-6-10(9(14)7-8)17-11-3-2-4-12(13(11)15)20(16,18)19/h2-7,17H,15H2,1H3,(H2,16,18,19). The SMILES string of the molecule is Cc1ccc(Nc2cccc(S(N)(=O)=O)c2N)c(Br)c1. The van der Waals surface area contributed by atoms with Crippen LogP contribution < -0.4 is 16.2 Å². The van der Waals surface area contributed by atoms with E-state index in [1.807, 2.05) is 25.1 Å². The molecule has 0 bridgehead atoms. The Morgan fingerprint density at radius 3 is 2.45 bits per heavy atom. The number of nitrogens with two attached hydrogens (primary N) is 2. The summed E-state index contributed by atoms with van der Waals surface area (Å²) in [6.45, 7) is 1.98. The number of sulfonamides is 1. The number of aryl methyl sites for hydroxylation is 1. The highest BCUT2D eigenvalue weighted by molar-refractivity contribution is 9.10. The normalized spacial score (nSPS) is 11.3. The van der Waals surface area contributed by atoms with Gasteiger partial charge in [0, 0.05) is 4.47 Å². The van der Waals surface area contributed by atoms with Crippen molar-refractivity contribution in [3.05, 3.63) is 46.4 Å². The van der Waals surface area contributed by atoms with E-state index in [2.05, 4.69) is 21.2 Å². The lowest BCUT2D eigenvalue weighted by Gasteiger charge is -2.13. The van der Waals surface area contributed by atoms with E-state index < -0.39 is 10.0 Å². The molecule has 0 heterocycles. The zero-order valence-electron chi connectivity index (χ0n) is 10.7. The second-order valence-electron chi connectivity index (χ2n) is 4.37. The third-order valence-electron chi connectivity index (χ3n) is 2.77. The third kappa shape index (κ3) is 3.12. The lowest BCUT2D eigenvalue weighted by molar-refractivity contribution is 0.598. The number of rotatable bonds is 3. The van der Waals surface area contributed by atoms with Gasteiger partial charge in [-0.05, 0) is 52.7 Å². The first kappa shape index (κ1) is 14.8. The lowest BCUT2D eigenvalue weighted by Crippen LogP contribution is -2.15. The van der Waals surface area contributed by atoms with Crippen molar-refractivity contribution in [2.75, 3.05) is 11.1 Å². The van der Waals surface area contributed by atoms with Gasteiger partial charge in [-0.1, -0.05) is 12.1 Å². The highest BCUT2D eigenvalue weighted by Crippen LogP contribution is 2.32. The zero-order chi connectivity index (χ0) is 14.9. The molecule has 0 aromatic heterocycles. The molecule has 0 unspecified atom stereocenters. The Morgan fingerprint density at radius 2 is 1.85 bits per heavy atom. The van der Waals surface area contributed by atoms with Crippen molar-refractivity contribution < 1.29 is 8.42 Å². The van der Waals surface area contributed by atoms with E-state index in [-0.39, 0.29) is 10.6 Å². The van der Waals surface area contributed by atoms with Gasteiger partial charge in [0.05, 0.1) is 17.1 Å². The quantitative estimate of drug-likeness (QED) is 0.737. The number of anilines is 3. The number of primary sulfonamides is 1. The fourth-order valence-corrected chi connectivity index (χ4v) is 3.04. The van der Waals surface area contributed by atoms with Gasteiger partial charge in [-0.15, -0.1) is 0 Å². The van der Waals surface area contributed by atoms with E-state index in [4.69, 9.17) is 10.9 Å². The van der Waals surface area contributed by atoms with Crippen molar-refractivity contribution in [1.29, 1.82) is 0 Å². The smallest absolute Gasteiger partial charge is 0.240 e. The summed E-state index contributed by atoms with van der Waals surface area (Å²) in [4.78, 5) is -0.0919. The molecule has 5 N–H and O–H groups in total. The first-order chi connectivity index (χ1) is 9.29. The van der Waals surface area contributed by atoms with Gasteiger partial charge in [-0.25, -0.2) is 13.6 Å². The molecule has 0 aliphatic rings. The van der Waals surface area contributed by atoms with Crippen LogP contribution in [0, 0.1) is 6.92 Å². The maximum Gasteiger partial charge on any atom is 0.240 e. The van der Waals surface area contributed by atoms with E-state index in [9.17, 15) is 8.42 Å². The number of nitrogens with one attached hydrogen (secondary N) is 1. The molecule has 2 aromatic carbocycles. The molecule has 0 saturated carbocycles. The highest BCUT2D eigenvalue weighted by Gasteiger charge is 2.15. The summed E-state index contributed by atoms with van der Waals surface area (Å²) in [5.41, 5.74) is 8.34. The molecule has 106 valence electrons. The third-order valence-corrected chi connectivity index (χ3v) is 4.39. The van der Waals surface area contributed by atoms with Crippen LogP contribution in [0.3, 0.4) is 0 Å². The highest BCUT2D eigenvalue weighted by atomic mass is 79.9. The topological polar surface area (TPSA) is 98.2 Å². The Labute approximate surface area is 126 Å². The molecule has 0 spiro atoms. The second-order valence-corrected chi connectivity index (χ2v) is 6.75. The van der Waals surface area contributed by atoms with Gasteiger partial charge in [-0.2, -0.15) is 0 Å². The molecule has 20 heavy (non-hydrogen) atoms. The molecule has 2 rings (SSSR count). The van der Waals surface area contributed by atoms with Crippen LogP contribution >= 0.6 is 15.9 Å². The number of nitrogen functional groups attached to an aromatic ring is 1. The summed E-state index contributed by atoms with van der Waals surface area (Å²) in [5, 5.41) is 8.21. The second kappa shape index (κ2) is 5.43. The molecule has 0 radical (unpaired) electrons. The minimum atomic E-state index is -3.84. The molecule has 0 fully saturated rings. The molecule has 0 amide bonds. The average molecular weight is 356 g/mol. The molecule has 5 nitrogen and oxygen atoms in total. The first-order valence-corrected chi connectivity index (χ1v) is 8.07. The number of halogens is 1. The number of hydrogen-bond donors (Lipinski definition) is 3. The maximum absolute atomic E-state index is 11.4. The fourth-order valence-electron chi connectivity index (χ4n) is 1.77. The Hall–Kier alpha value is -1.57. The van der Waals surface area contributed by atoms with Gasteiger partial charge >= 0.3 is 0 Å². The predicted molar refractivity (Wildman–Crippen MR) is 84.4 cm³/mol. The van der Waals surface area contributed by atoms with Crippen molar-refractivity contribution in [3.8, 4) is 0 Å². The number of para-hydroxylation sites is 1. The molecule has 0 aliphatic heterocycles. The molecule has 2 aromatic rings. The van der Waals surface area contributed by atoms with Crippen molar-refractivity contribution in [1.82, 2.24) is 0 Å². The van der Waals surface area contributed by atoms with E-state index in [0.29, 0.717) is 5.69 Å². The average Bonchev–Trinajstić information content (AvgIpc) is 2.33. The lowest BCUT2D eigenvalue weighted by atomic mass is 10.2. The minimum Gasteiger partial charge on any atom is -0.396 e. The minimum absolute atomic E-state index is 0.0919. The van der Waals surface area contributed by atoms with Crippen LogP contribution in [0.2, 0.25) is 0 Å². The molecule has 0 saturated heterocycles. The van der Waals surface area contributed by atoms with Gasteiger partial charge < -0.3 is 11.1 Å². The van der Waals surface area contributed by atoms with Crippen molar-refractivity contribution >= 4 is 43.0 Å². The van der Waals surface area contributed by atoms with Crippen LogP contribution in [0.4, 0.5) is 17.1 Å². The van der Waals surface area contributed by atoms with E-state index >= 15 is 0 Å². The van der Waals surface area contributed by atoms with Gasteiger partial charge in [0.25, 0.3) is 0 Å². The largest absolute Gasteiger partial charge is 0.396 e. The summed E-state index contributed by atoms with van der Waals surface area (Å²) in [7, 11) is -3.84. The summed E-state index contributed by atoms with van der Waals surface area (Å²) in [5.74, 6) is 0. The summed E-state index contributed by atoms with van der Waals surface area (Å²) in [6, 6.07) is 10.4. The number of benzene rings is 2. The van der Waals surface area contributed by atoms with E-state index in [0.717, 1.165) is 15.7 Å². The fraction of sp³-hybridized carbons (Fsp3) is 0.0769. The Bertz CT molecular complexity index is 760. The van der Waals surface area contributed by atoms with E-state index in [1.165, 1.54) is 6.07 Å². The van der Waals surface area contributed by atoms with Crippen LogP contribution in [0.25, 0.3) is 0 Å². The van der Waals surface area contributed by atoms with Crippen LogP contribution in [0.1, 0.15) is 5.56 Å². The summed E-state index contributed by atoms with van der Waals surface area (Å²) >= 11 is 3.44. The van der Waals surface area contributed by atoms with Crippen LogP contribution in [0.5, 0.6) is 0 Å².